The Bertz CT molecular complexity index is 754. The highest BCUT2D eigenvalue weighted by Gasteiger charge is 2.11. The lowest BCUT2D eigenvalue weighted by atomic mass is 10.1. The Labute approximate surface area is 138 Å². The molecule has 1 aromatic carbocycles. The Morgan fingerprint density at radius 2 is 2.04 bits per heavy atom. The number of thioether (sulfide) groups is 1. The molecule has 0 saturated carbocycles. The number of hydrogen-bond donors (Lipinski definition) is 1. The number of hydrogen-bond acceptors (Lipinski definition) is 7. The van der Waals surface area contributed by atoms with Gasteiger partial charge < -0.3 is 10.5 Å². The van der Waals surface area contributed by atoms with Gasteiger partial charge in [0.25, 0.3) is 0 Å². The van der Waals surface area contributed by atoms with Crippen LogP contribution in [-0.2, 0) is 16.9 Å². The maximum atomic E-state index is 11.4. The molecule has 0 aliphatic rings. The van der Waals surface area contributed by atoms with Crippen molar-refractivity contribution < 1.29 is 9.53 Å². The number of ether oxygens (including phenoxy) is 1. The normalized spacial score (nSPS) is 10.1. The molecule has 0 unspecified atom stereocenters. The third-order valence-electron chi connectivity index (χ3n) is 3.18. The van der Waals surface area contributed by atoms with Crippen LogP contribution in [0.2, 0.25) is 0 Å². The smallest absolute Gasteiger partial charge is 0.337 e. The minimum atomic E-state index is -0.361. The summed E-state index contributed by atoms with van der Waals surface area (Å²) in [6.07, 6.45) is 0.622. The summed E-state index contributed by atoms with van der Waals surface area (Å²) in [6, 6.07) is 9.17. The van der Waals surface area contributed by atoms with Gasteiger partial charge in [0, 0.05) is 5.75 Å². The molecular weight excluding hydrogens is 312 g/mol. The van der Waals surface area contributed by atoms with Crippen molar-refractivity contribution in [1.82, 2.24) is 9.97 Å². The van der Waals surface area contributed by atoms with Crippen LogP contribution in [0.25, 0.3) is 0 Å². The topological polar surface area (TPSA) is 102 Å². The van der Waals surface area contributed by atoms with Crippen molar-refractivity contribution in [1.29, 1.82) is 5.26 Å². The number of carbonyl (C=O) groups is 1. The average molecular weight is 328 g/mol. The molecule has 0 spiro atoms. The van der Waals surface area contributed by atoms with Crippen LogP contribution in [0.1, 0.15) is 34.1 Å². The SMILES string of the molecule is CCc1nc(SCc2ccc(C(=O)OC)cc2)nc(N)c1C#N. The molecule has 0 bridgehead atoms. The zero-order chi connectivity index (χ0) is 16.8. The third kappa shape index (κ3) is 3.99. The summed E-state index contributed by atoms with van der Waals surface area (Å²) in [5.74, 6) is 0.485. The van der Waals surface area contributed by atoms with Crippen LogP contribution in [0.5, 0.6) is 0 Å². The molecule has 0 aliphatic carbocycles. The molecule has 23 heavy (non-hydrogen) atoms. The number of nitrogens with two attached hydrogens (primary N) is 1. The molecule has 0 radical (unpaired) electrons. The number of carbonyl (C=O) groups excluding carboxylic acids is 1. The van der Waals surface area contributed by atoms with E-state index in [1.807, 2.05) is 25.1 Å². The number of benzene rings is 1. The van der Waals surface area contributed by atoms with Crippen LogP contribution < -0.4 is 5.73 Å². The van der Waals surface area contributed by atoms with E-state index in [4.69, 9.17) is 11.0 Å². The Kier molecular flexibility index (Phi) is 5.55. The quantitative estimate of drug-likeness (QED) is 0.511. The summed E-state index contributed by atoms with van der Waals surface area (Å²) in [6.45, 7) is 1.92. The Hall–Kier alpha value is -2.59. The van der Waals surface area contributed by atoms with Gasteiger partial charge in [0.15, 0.2) is 5.16 Å². The van der Waals surface area contributed by atoms with E-state index in [-0.39, 0.29) is 11.8 Å². The highest BCUT2D eigenvalue weighted by Crippen LogP contribution is 2.23. The molecule has 2 rings (SSSR count). The molecule has 1 heterocycles. The van der Waals surface area contributed by atoms with E-state index < -0.39 is 0 Å². The van der Waals surface area contributed by atoms with Gasteiger partial charge in [-0.3, -0.25) is 0 Å². The molecule has 7 heteroatoms. The lowest BCUT2D eigenvalue weighted by Gasteiger charge is -2.07. The van der Waals surface area contributed by atoms with Gasteiger partial charge in [-0.1, -0.05) is 30.8 Å². The van der Waals surface area contributed by atoms with E-state index in [2.05, 4.69) is 14.7 Å². The van der Waals surface area contributed by atoms with Crippen molar-refractivity contribution in [2.24, 2.45) is 0 Å². The first kappa shape index (κ1) is 16.8. The van der Waals surface area contributed by atoms with Gasteiger partial charge in [-0.2, -0.15) is 5.26 Å². The molecule has 0 aliphatic heterocycles. The molecule has 118 valence electrons. The largest absolute Gasteiger partial charge is 0.465 e. The molecule has 0 saturated heterocycles. The Morgan fingerprint density at radius 3 is 2.61 bits per heavy atom. The van der Waals surface area contributed by atoms with Crippen molar-refractivity contribution >= 4 is 23.5 Å². The number of rotatable bonds is 5. The van der Waals surface area contributed by atoms with Gasteiger partial charge in [0.2, 0.25) is 0 Å². The number of nitrogen functional groups attached to an aromatic ring is 1. The fourth-order valence-corrected chi connectivity index (χ4v) is 2.77. The van der Waals surface area contributed by atoms with E-state index in [9.17, 15) is 4.79 Å². The van der Waals surface area contributed by atoms with E-state index in [1.54, 1.807) is 12.1 Å². The number of anilines is 1. The second-order valence-electron chi connectivity index (χ2n) is 4.66. The fraction of sp³-hybridized carbons (Fsp3) is 0.250. The third-order valence-corrected chi connectivity index (χ3v) is 4.10. The number of nitriles is 1. The van der Waals surface area contributed by atoms with E-state index in [0.29, 0.717) is 34.2 Å². The standard InChI is InChI=1S/C16H16N4O2S/c1-3-13-12(8-17)14(18)20-16(19-13)23-9-10-4-6-11(7-5-10)15(21)22-2/h4-7H,3,9H2,1-2H3,(H2,18,19,20). The van der Waals surface area contributed by atoms with Crippen molar-refractivity contribution in [2.45, 2.75) is 24.3 Å². The molecule has 2 N–H and O–H groups in total. The van der Waals surface area contributed by atoms with Gasteiger partial charge in [-0.05, 0) is 24.1 Å². The number of aromatic nitrogens is 2. The monoisotopic (exact) mass is 328 g/mol. The first-order valence-corrected chi connectivity index (χ1v) is 7.94. The fourth-order valence-electron chi connectivity index (χ4n) is 1.95. The summed E-state index contributed by atoms with van der Waals surface area (Å²) in [5.41, 5.74) is 8.34. The minimum absolute atomic E-state index is 0.211. The molecule has 0 atom stereocenters. The first-order valence-electron chi connectivity index (χ1n) is 6.95. The van der Waals surface area contributed by atoms with Crippen LogP contribution in [-0.4, -0.2) is 23.0 Å². The second-order valence-corrected chi connectivity index (χ2v) is 5.60. The summed E-state index contributed by atoms with van der Waals surface area (Å²) >= 11 is 1.43. The number of nitrogens with zero attached hydrogens (tertiary/aromatic N) is 3. The van der Waals surface area contributed by atoms with Crippen molar-refractivity contribution in [3.05, 3.63) is 46.6 Å². The second kappa shape index (κ2) is 7.61. The van der Waals surface area contributed by atoms with Gasteiger partial charge in [0.05, 0.1) is 18.4 Å². The molecule has 2 aromatic rings. The maximum absolute atomic E-state index is 11.4. The van der Waals surface area contributed by atoms with Crippen LogP contribution in [0, 0.1) is 11.3 Å². The highest BCUT2D eigenvalue weighted by molar-refractivity contribution is 7.98. The zero-order valence-corrected chi connectivity index (χ0v) is 13.7. The first-order chi connectivity index (χ1) is 11.1. The average Bonchev–Trinajstić information content (AvgIpc) is 2.59. The highest BCUT2D eigenvalue weighted by atomic mass is 32.2. The predicted octanol–water partition coefficient (Wildman–Crippen LogP) is 2.57. The maximum Gasteiger partial charge on any atom is 0.337 e. The van der Waals surface area contributed by atoms with E-state index in [0.717, 1.165) is 5.56 Å². The number of esters is 1. The molecule has 6 nitrogen and oxygen atoms in total. The van der Waals surface area contributed by atoms with Crippen molar-refractivity contribution in [3.8, 4) is 6.07 Å². The Balaban J connectivity index is 2.11. The molecule has 0 fully saturated rings. The molecular formula is C16H16N4O2S. The minimum Gasteiger partial charge on any atom is -0.465 e. The van der Waals surface area contributed by atoms with Gasteiger partial charge in [-0.25, -0.2) is 14.8 Å². The molecule has 0 amide bonds. The van der Waals surface area contributed by atoms with Gasteiger partial charge in [-0.15, -0.1) is 0 Å². The molecule has 1 aromatic heterocycles. The van der Waals surface area contributed by atoms with Crippen molar-refractivity contribution in [2.75, 3.05) is 12.8 Å². The zero-order valence-electron chi connectivity index (χ0n) is 12.9. The van der Waals surface area contributed by atoms with E-state index >= 15 is 0 Å². The van der Waals surface area contributed by atoms with Crippen LogP contribution in [0.3, 0.4) is 0 Å². The van der Waals surface area contributed by atoms with Crippen LogP contribution in [0.4, 0.5) is 5.82 Å². The van der Waals surface area contributed by atoms with E-state index in [1.165, 1.54) is 18.9 Å². The number of aryl methyl sites for hydroxylation is 1. The van der Waals surface area contributed by atoms with Crippen LogP contribution in [0.15, 0.2) is 29.4 Å². The summed E-state index contributed by atoms with van der Waals surface area (Å²) in [7, 11) is 1.35. The summed E-state index contributed by atoms with van der Waals surface area (Å²) in [5, 5.41) is 9.60. The van der Waals surface area contributed by atoms with Gasteiger partial charge in [0.1, 0.15) is 17.5 Å². The van der Waals surface area contributed by atoms with Crippen molar-refractivity contribution in [3.63, 3.8) is 0 Å². The predicted molar refractivity (Wildman–Crippen MR) is 87.9 cm³/mol. The number of methoxy groups -OCH3 is 1. The Morgan fingerprint density at radius 1 is 1.35 bits per heavy atom. The lowest BCUT2D eigenvalue weighted by Crippen LogP contribution is -2.04. The summed E-state index contributed by atoms with van der Waals surface area (Å²) in [4.78, 5) is 19.9. The summed E-state index contributed by atoms with van der Waals surface area (Å²) < 4.78 is 4.66. The van der Waals surface area contributed by atoms with Crippen LogP contribution >= 0.6 is 11.8 Å². The van der Waals surface area contributed by atoms with Gasteiger partial charge >= 0.3 is 5.97 Å². The lowest BCUT2D eigenvalue weighted by molar-refractivity contribution is 0.0600.